The molecule has 8 heteroatoms. The second kappa shape index (κ2) is 11.3. The molecule has 4 rings (SSSR count). The van der Waals surface area contributed by atoms with E-state index in [0.717, 1.165) is 9.47 Å². The lowest BCUT2D eigenvalue weighted by Gasteiger charge is -2.27. The number of aromatic nitrogens is 1. The van der Waals surface area contributed by atoms with E-state index in [1.54, 1.807) is 93.6 Å². The van der Waals surface area contributed by atoms with Gasteiger partial charge in [-0.1, -0.05) is 60.2 Å². The molecule has 1 aliphatic rings. The third kappa shape index (κ3) is 4.90. The van der Waals surface area contributed by atoms with Gasteiger partial charge in [0, 0.05) is 16.8 Å². The predicted octanol–water partition coefficient (Wildman–Crippen LogP) is 5.07. The lowest BCUT2D eigenvalue weighted by Crippen LogP contribution is -2.42. The van der Waals surface area contributed by atoms with Crippen LogP contribution in [-0.2, 0) is 9.59 Å². The maximum Gasteiger partial charge on any atom is 0.276 e. The first kappa shape index (κ1) is 27.3. The average molecular weight is 528 g/mol. The van der Waals surface area contributed by atoms with Gasteiger partial charge in [0.1, 0.15) is 11.6 Å². The molecule has 0 unspecified atom stereocenters. The zero-order valence-corrected chi connectivity index (χ0v) is 22.0. The van der Waals surface area contributed by atoms with Gasteiger partial charge in [-0.25, -0.2) is 9.74 Å². The molecule has 8 nitrogen and oxygen atoms in total. The van der Waals surface area contributed by atoms with Crippen molar-refractivity contribution < 1.29 is 14.7 Å². The number of nitriles is 1. The van der Waals surface area contributed by atoms with Crippen molar-refractivity contribution in [3.05, 3.63) is 134 Å². The third-order valence-corrected chi connectivity index (χ3v) is 6.51. The van der Waals surface area contributed by atoms with Gasteiger partial charge in [-0.2, -0.15) is 5.26 Å². The van der Waals surface area contributed by atoms with Gasteiger partial charge in [-0.3, -0.25) is 14.4 Å². The molecule has 0 saturated carbocycles. The average Bonchev–Trinajstić information content (AvgIpc) is 2.94. The van der Waals surface area contributed by atoms with Crippen LogP contribution in [0.2, 0.25) is 0 Å². The van der Waals surface area contributed by atoms with Crippen LogP contribution in [0.25, 0.3) is 16.6 Å². The highest BCUT2D eigenvalue weighted by Gasteiger charge is 2.36. The van der Waals surface area contributed by atoms with Gasteiger partial charge in [0.05, 0.1) is 12.3 Å². The Morgan fingerprint density at radius 3 is 2.15 bits per heavy atom. The Morgan fingerprint density at radius 1 is 0.975 bits per heavy atom. The minimum Gasteiger partial charge on any atom is -0.868 e. The summed E-state index contributed by atoms with van der Waals surface area (Å²) in [6.45, 7) is 12.3. The largest absolute Gasteiger partial charge is 0.868 e. The summed E-state index contributed by atoms with van der Waals surface area (Å²) in [6.07, 6.45) is 6.31. The number of pyridine rings is 1. The SMILES string of the molecule is [C-]#[N+]c1c(C)c(C=CC(C)=C/C=C2\C(=O)N(c3ccccc3)C(=O)C(C#N)=C2C)c(=O)n(-c2ccccc2)c1[O-]. The summed E-state index contributed by atoms with van der Waals surface area (Å²) >= 11 is 0. The molecule has 0 spiro atoms. The Kier molecular flexibility index (Phi) is 7.74. The number of rotatable bonds is 5. The lowest BCUT2D eigenvalue weighted by atomic mass is 9.94. The van der Waals surface area contributed by atoms with Gasteiger partial charge in [0.25, 0.3) is 17.4 Å². The maximum absolute atomic E-state index is 13.3. The molecule has 2 heterocycles. The van der Waals surface area contributed by atoms with E-state index in [1.807, 2.05) is 6.07 Å². The fraction of sp³-hybridized carbons (Fsp3) is 0.0938. The summed E-state index contributed by atoms with van der Waals surface area (Å²) in [6, 6.07) is 18.7. The molecule has 0 aliphatic carbocycles. The summed E-state index contributed by atoms with van der Waals surface area (Å²) in [4.78, 5) is 43.9. The van der Waals surface area contributed by atoms with Crippen LogP contribution in [0.15, 0.2) is 106 Å². The van der Waals surface area contributed by atoms with Crippen LogP contribution in [0.1, 0.15) is 25.0 Å². The normalized spacial score (nSPS) is 15.1. The van der Waals surface area contributed by atoms with Crippen molar-refractivity contribution >= 4 is 29.3 Å². The molecule has 40 heavy (non-hydrogen) atoms. The standard InChI is InChI=1S/C32H24N4O4/c1-20(15-17-25-21(2)27(19-33)31(39)35(29(25)37)23-11-7-5-8-12-23)16-18-26-22(3)28(34-4)32(40)36(30(26)38)24-13-9-6-10-14-24/h5-18,40H,1-3H3/p-1/b18-16?,20-15?,25-17-. The highest BCUT2D eigenvalue weighted by molar-refractivity contribution is 6.31. The van der Waals surface area contributed by atoms with Gasteiger partial charge < -0.3 is 9.67 Å². The molecule has 0 saturated heterocycles. The number of hydrogen-bond donors (Lipinski definition) is 0. The van der Waals surface area contributed by atoms with E-state index in [1.165, 1.54) is 12.2 Å². The summed E-state index contributed by atoms with van der Waals surface area (Å²) in [5.74, 6) is -1.92. The molecule has 196 valence electrons. The Morgan fingerprint density at radius 2 is 1.57 bits per heavy atom. The summed E-state index contributed by atoms with van der Waals surface area (Å²) < 4.78 is 0.981. The first-order valence-corrected chi connectivity index (χ1v) is 12.2. The Hall–Kier alpha value is -5.73. The number of benzene rings is 2. The fourth-order valence-electron chi connectivity index (χ4n) is 4.31. The predicted molar refractivity (Wildman–Crippen MR) is 151 cm³/mol. The second-order valence-electron chi connectivity index (χ2n) is 9.00. The van der Waals surface area contributed by atoms with Crippen molar-refractivity contribution in [2.75, 3.05) is 4.90 Å². The molecule has 1 aliphatic heterocycles. The van der Waals surface area contributed by atoms with E-state index in [4.69, 9.17) is 6.57 Å². The zero-order chi connectivity index (χ0) is 29.0. The number of carbonyl (C=O) groups is 2. The number of imide groups is 1. The summed E-state index contributed by atoms with van der Waals surface area (Å²) in [5, 5.41) is 22.5. The van der Waals surface area contributed by atoms with Crippen LogP contribution in [0.3, 0.4) is 0 Å². The first-order valence-electron chi connectivity index (χ1n) is 12.2. The molecule has 2 amide bonds. The van der Waals surface area contributed by atoms with Crippen molar-refractivity contribution in [1.29, 1.82) is 5.26 Å². The van der Waals surface area contributed by atoms with E-state index < -0.39 is 23.3 Å². The zero-order valence-electron chi connectivity index (χ0n) is 22.0. The van der Waals surface area contributed by atoms with E-state index >= 15 is 0 Å². The fourth-order valence-corrected chi connectivity index (χ4v) is 4.31. The number of para-hydroxylation sites is 2. The van der Waals surface area contributed by atoms with Crippen LogP contribution in [0.5, 0.6) is 5.88 Å². The second-order valence-corrected chi connectivity index (χ2v) is 9.00. The molecule has 0 bridgehead atoms. The molecule has 2 aromatic carbocycles. The van der Waals surface area contributed by atoms with Crippen molar-refractivity contribution in [2.24, 2.45) is 0 Å². The first-order chi connectivity index (χ1) is 19.2. The number of allylic oxidation sites excluding steroid dienone is 4. The number of carbonyl (C=O) groups excluding carboxylic acids is 2. The van der Waals surface area contributed by atoms with Gasteiger partial charge in [0.2, 0.25) is 0 Å². The Balaban J connectivity index is 1.76. The van der Waals surface area contributed by atoms with Gasteiger partial charge in [0.15, 0.2) is 5.69 Å². The van der Waals surface area contributed by atoms with Crippen LogP contribution >= 0.6 is 0 Å². The smallest absolute Gasteiger partial charge is 0.276 e. The third-order valence-electron chi connectivity index (χ3n) is 6.51. The van der Waals surface area contributed by atoms with Gasteiger partial charge in [-0.05, 0) is 68.1 Å². The van der Waals surface area contributed by atoms with E-state index in [-0.39, 0.29) is 33.5 Å². The van der Waals surface area contributed by atoms with Crippen LogP contribution in [0, 0.1) is 24.8 Å². The highest BCUT2D eigenvalue weighted by Crippen LogP contribution is 2.32. The van der Waals surface area contributed by atoms with Crippen molar-refractivity contribution in [2.45, 2.75) is 20.8 Å². The van der Waals surface area contributed by atoms with Crippen molar-refractivity contribution in [3.8, 4) is 17.6 Å². The topological polar surface area (TPSA) is 111 Å². The lowest BCUT2D eigenvalue weighted by molar-refractivity contribution is -0.276. The number of anilines is 1. The summed E-state index contributed by atoms with van der Waals surface area (Å²) in [5.41, 5.74) is 1.44. The molecular weight excluding hydrogens is 504 g/mol. The molecule has 1 aromatic heterocycles. The minimum absolute atomic E-state index is 0.127. The van der Waals surface area contributed by atoms with E-state index in [0.29, 0.717) is 16.9 Å². The maximum atomic E-state index is 13.3. The van der Waals surface area contributed by atoms with Crippen LogP contribution in [-0.4, -0.2) is 16.4 Å². The van der Waals surface area contributed by atoms with Crippen LogP contribution < -0.4 is 15.6 Å². The molecule has 0 N–H and O–H groups in total. The van der Waals surface area contributed by atoms with E-state index in [2.05, 4.69) is 4.85 Å². The molecule has 3 aromatic rings. The monoisotopic (exact) mass is 527 g/mol. The minimum atomic E-state index is -0.684. The Bertz CT molecular complexity index is 1800. The Labute approximate surface area is 231 Å². The van der Waals surface area contributed by atoms with Crippen LogP contribution in [0.4, 0.5) is 11.4 Å². The quantitative estimate of drug-likeness (QED) is 0.199. The molecular formula is C32H23N4O4-. The number of hydrogen-bond acceptors (Lipinski definition) is 5. The molecule has 0 fully saturated rings. The number of amides is 2. The van der Waals surface area contributed by atoms with Crippen molar-refractivity contribution in [3.63, 3.8) is 0 Å². The highest BCUT2D eigenvalue weighted by atomic mass is 16.3. The van der Waals surface area contributed by atoms with E-state index in [9.17, 15) is 24.8 Å². The molecule has 0 atom stereocenters. The van der Waals surface area contributed by atoms with Gasteiger partial charge in [-0.15, -0.1) is 0 Å². The molecule has 0 radical (unpaired) electrons. The number of nitrogens with zero attached hydrogens (tertiary/aromatic N) is 4. The van der Waals surface area contributed by atoms with Crippen molar-refractivity contribution in [1.82, 2.24) is 4.57 Å². The summed E-state index contributed by atoms with van der Waals surface area (Å²) in [7, 11) is 0. The van der Waals surface area contributed by atoms with Gasteiger partial charge >= 0.3 is 0 Å².